The van der Waals surface area contributed by atoms with Crippen molar-refractivity contribution in [3.63, 3.8) is 0 Å². The Hall–Kier alpha value is -1.94. The minimum absolute atomic E-state index is 0.157. The van der Waals surface area contributed by atoms with Crippen molar-refractivity contribution in [3.8, 4) is 11.6 Å². The molecule has 82 valence electrons. The van der Waals surface area contributed by atoms with Crippen LogP contribution < -0.4 is 4.74 Å². The third-order valence-corrected chi connectivity index (χ3v) is 2.09. The predicted molar refractivity (Wildman–Crippen MR) is 59.3 cm³/mol. The standard InChI is InChI=1S/C12H12N2O2/c15-9-7-10-3-5-11(6-4-10)16-12-2-1-8-13-14-12/h1-6,8,15H,7,9H2. The fourth-order valence-corrected chi connectivity index (χ4v) is 1.32. The Bertz CT molecular complexity index is 429. The third kappa shape index (κ3) is 2.77. The van der Waals surface area contributed by atoms with Gasteiger partial charge in [-0.25, -0.2) is 0 Å². The van der Waals surface area contributed by atoms with E-state index < -0.39 is 0 Å². The molecule has 4 nitrogen and oxygen atoms in total. The molecule has 1 heterocycles. The van der Waals surface area contributed by atoms with Gasteiger partial charge < -0.3 is 9.84 Å². The van der Waals surface area contributed by atoms with E-state index in [0.29, 0.717) is 18.1 Å². The molecule has 0 bridgehead atoms. The number of aromatic nitrogens is 2. The van der Waals surface area contributed by atoms with Crippen molar-refractivity contribution < 1.29 is 9.84 Å². The number of hydrogen-bond acceptors (Lipinski definition) is 4. The summed E-state index contributed by atoms with van der Waals surface area (Å²) in [6.45, 7) is 0.157. The monoisotopic (exact) mass is 216 g/mol. The lowest BCUT2D eigenvalue weighted by molar-refractivity contribution is 0.299. The number of nitrogens with zero attached hydrogens (tertiary/aromatic N) is 2. The Balaban J connectivity index is 2.05. The SMILES string of the molecule is OCCc1ccc(Oc2cccnn2)cc1. The maximum absolute atomic E-state index is 8.77. The van der Waals surface area contributed by atoms with Crippen LogP contribution in [0.3, 0.4) is 0 Å². The highest BCUT2D eigenvalue weighted by atomic mass is 16.5. The number of ether oxygens (including phenoxy) is 1. The summed E-state index contributed by atoms with van der Waals surface area (Å²) in [6, 6.07) is 11.0. The van der Waals surface area contributed by atoms with Gasteiger partial charge in [0.1, 0.15) is 5.75 Å². The zero-order valence-electron chi connectivity index (χ0n) is 8.71. The quantitative estimate of drug-likeness (QED) is 0.846. The second kappa shape index (κ2) is 5.23. The zero-order chi connectivity index (χ0) is 11.2. The zero-order valence-corrected chi connectivity index (χ0v) is 8.71. The molecule has 1 aromatic heterocycles. The van der Waals surface area contributed by atoms with Crippen molar-refractivity contribution in [2.75, 3.05) is 6.61 Å². The molecule has 2 aromatic rings. The van der Waals surface area contributed by atoms with Gasteiger partial charge in [0.25, 0.3) is 0 Å². The van der Waals surface area contributed by atoms with Gasteiger partial charge in [-0.3, -0.25) is 0 Å². The second-order valence-corrected chi connectivity index (χ2v) is 3.28. The average Bonchev–Trinajstić information content (AvgIpc) is 2.33. The highest BCUT2D eigenvalue weighted by Crippen LogP contribution is 2.18. The molecule has 0 saturated heterocycles. The van der Waals surface area contributed by atoms with Gasteiger partial charge in [0.05, 0.1) is 0 Å². The van der Waals surface area contributed by atoms with E-state index in [-0.39, 0.29) is 6.61 Å². The minimum atomic E-state index is 0.157. The Labute approximate surface area is 93.5 Å². The summed E-state index contributed by atoms with van der Waals surface area (Å²) in [4.78, 5) is 0. The largest absolute Gasteiger partial charge is 0.438 e. The van der Waals surface area contributed by atoms with Crippen LogP contribution in [0.15, 0.2) is 42.6 Å². The fraction of sp³-hybridized carbons (Fsp3) is 0.167. The van der Waals surface area contributed by atoms with E-state index in [0.717, 1.165) is 5.56 Å². The lowest BCUT2D eigenvalue weighted by Crippen LogP contribution is -1.92. The van der Waals surface area contributed by atoms with E-state index >= 15 is 0 Å². The lowest BCUT2D eigenvalue weighted by atomic mass is 10.1. The summed E-state index contributed by atoms with van der Waals surface area (Å²) in [5.74, 6) is 1.18. The molecule has 0 aliphatic heterocycles. The van der Waals surface area contributed by atoms with Gasteiger partial charge in [-0.05, 0) is 30.2 Å². The molecule has 2 rings (SSSR count). The maximum Gasteiger partial charge on any atom is 0.238 e. The van der Waals surface area contributed by atoms with Crippen LogP contribution in [0.4, 0.5) is 0 Å². The summed E-state index contributed by atoms with van der Waals surface area (Å²) >= 11 is 0. The molecule has 0 fully saturated rings. The van der Waals surface area contributed by atoms with Crippen molar-refractivity contribution in [3.05, 3.63) is 48.2 Å². The number of benzene rings is 1. The van der Waals surface area contributed by atoms with Crippen LogP contribution in [0.1, 0.15) is 5.56 Å². The van der Waals surface area contributed by atoms with Gasteiger partial charge in [-0.2, -0.15) is 5.10 Å². The molecular formula is C12H12N2O2. The molecule has 0 spiro atoms. The molecule has 0 unspecified atom stereocenters. The highest BCUT2D eigenvalue weighted by molar-refractivity contribution is 5.30. The van der Waals surface area contributed by atoms with Crippen LogP contribution in [0.2, 0.25) is 0 Å². The number of aliphatic hydroxyl groups excluding tert-OH is 1. The Morgan fingerprint density at radius 2 is 1.94 bits per heavy atom. The summed E-state index contributed by atoms with van der Waals surface area (Å²) in [6.07, 6.45) is 2.25. The maximum atomic E-state index is 8.77. The van der Waals surface area contributed by atoms with Crippen LogP contribution in [0.25, 0.3) is 0 Å². The van der Waals surface area contributed by atoms with E-state index in [1.807, 2.05) is 24.3 Å². The first kappa shape index (κ1) is 10.6. The molecule has 0 radical (unpaired) electrons. The smallest absolute Gasteiger partial charge is 0.238 e. The van der Waals surface area contributed by atoms with Gasteiger partial charge >= 0.3 is 0 Å². The summed E-state index contributed by atoms with van der Waals surface area (Å²) in [5.41, 5.74) is 1.08. The van der Waals surface area contributed by atoms with Crippen LogP contribution in [-0.4, -0.2) is 21.9 Å². The first-order valence-electron chi connectivity index (χ1n) is 5.04. The second-order valence-electron chi connectivity index (χ2n) is 3.28. The molecule has 1 N–H and O–H groups in total. The van der Waals surface area contributed by atoms with Gasteiger partial charge in [-0.1, -0.05) is 12.1 Å². The average molecular weight is 216 g/mol. The first-order valence-corrected chi connectivity index (χ1v) is 5.04. The van der Waals surface area contributed by atoms with E-state index in [2.05, 4.69) is 10.2 Å². The van der Waals surface area contributed by atoms with Crippen molar-refractivity contribution in [2.24, 2.45) is 0 Å². The van der Waals surface area contributed by atoms with Crippen LogP contribution in [-0.2, 0) is 6.42 Å². The number of aliphatic hydroxyl groups is 1. The van der Waals surface area contributed by atoms with Crippen molar-refractivity contribution in [2.45, 2.75) is 6.42 Å². The number of hydrogen-bond donors (Lipinski definition) is 1. The van der Waals surface area contributed by atoms with Crippen LogP contribution in [0, 0.1) is 0 Å². The highest BCUT2D eigenvalue weighted by Gasteiger charge is 1.98. The van der Waals surface area contributed by atoms with E-state index in [4.69, 9.17) is 9.84 Å². The van der Waals surface area contributed by atoms with Crippen LogP contribution >= 0.6 is 0 Å². The molecule has 0 atom stereocenters. The summed E-state index contributed by atoms with van der Waals surface area (Å²) in [5, 5.41) is 16.3. The van der Waals surface area contributed by atoms with Crippen molar-refractivity contribution in [1.82, 2.24) is 10.2 Å². The summed E-state index contributed by atoms with van der Waals surface area (Å²) < 4.78 is 5.48. The Morgan fingerprint density at radius 3 is 2.56 bits per heavy atom. The van der Waals surface area contributed by atoms with Crippen LogP contribution in [0.5, 0.6) is 11.6 Å². The normalized spacial score (nSPS) is 10.1. The topological polar surface area (TPSA) is 55.2 Å². The van der Waals surface area contributed by atoms with Gasteiger partial charge in [0.2, 0.25) is 5.88 Å². The molecule has 0 aliphatic carbocycles. The molecule has 0 saturated carbocycles. The van der Waals surface area contributed by atoms with Gasteiger partial charge in [0, 0.05) is 18.9 Å². The van der Waals surface area contributed by atoms with Crippen molar-refractivity contribution >= 4 is 0 Å². The van der Waals surface area contributed by atoms with Gasteiger partial charge in [-0.15, -0.1) is 5.10 Å². The predicted octanol–water partition coefficient (Wildman–Crippen LogP) is 1.80. The molecule has 16 heavy (non-hydrogen) atoms. The van der Waals surface area contributed by atoms with E-state index in [1.165, 1.54) is 0 Å². The van der Waals surface area contributed by atoms with E-state index in [9.17, 15) is 0 Å². The molecule has 4 heteroatoms. The van der Waals surface area contributed by atoms with Gasteiger partial charge in [0.15, 0.2) is 0 Å². The number of rotatable bonds is 4. The first-order chi connectivity index (χ1) is 7.88. The Kier molecular flexibility index (Phi) is 3.46. The molecule has 1 aromatic carbocycles. The molecule has 0 amide bonds. The lowest BCUT2D eigenvalue weighted by Gasteiger charge is -2.04. The summed E-state index contributed by atoms with van der Waals surface area (Å²) in [7, 11) is 0. The third-order valence-electron chi connectivity index (χ3n) is 2.09. The Morgan fingerprint density at radius 1 is 1.12 bits per heavy atom. The van der Waals surface area contributed by atoms with E-state index in [1.54, 1.807) is 18.3 Å². The van der Waals surface area contributed by atoms with Crippen molar-refractivity contribution in [1.29, 1.82) is 0 Å². The minimum Gasteiger partial charge on any atom is -0.438 e. The molecule has 0 aliphatic rings. The molecular weight excluding hydrogens is 204 g/mol. The fourth-order valence-electron chi connectivity index (χ4n) is 1.32.